The van der Waals surface area contributed by atoms with Gasteiger partial charge in [0.25, 0.3) is 5.91 Å². The molecule has 1 fully saturated rings. The number of hydrogen-bond donors (Lipinski definition) is 2. The zero-order chi connectivity index (χ0) is 16.0. The molecule has 0 bridgehead atoms. The monoisotopic (exact) mass is 307 g/mol. The van der Waals surface area contributed by atoms with Crippen molar-refractivity contribution in [3.63, 3.8) is 0 Å². The highest BCUT2D eigenvalue weighted by molar-refractivity contribution is 5.95. The summed E-state index contributed by atoms with van der Waals surface area (Å²) in [6.45, 7) is 0.185. The van der Waals surface area contributed by atoms with Gasteiger partial charge in [-0.2, -0.15) is 0 Å². The molecule has 0 saturated heterocycles. The van der Waals surface area contributed by atoms with Gasteiger partial charge in [0.2, 0.25) is 0 Å². The molecule has 1 aliphatic rings. The zero-order valence-electron chi connectivity index (χ0n) is 12.6. The summed E-state index contributed by atoms with van der Waals surface area (Å²) in [5, 5.41) is 11.7. The van der Waals surface area contributed by atoms with Crippen LogP contribution < -0.4 is 10.1 Å². The summed E-state index contributed by atoms with van der Waals surface area (Å²) in [5.41, 5.74) is 0.289. The molecule has 0 unspecified atom stereocenters. The van der Waals surface area contributed by atoms with Crippen LogP contribution in [0.5, 0.6) is 5.75 Å². The fraction of sp³-hybridized carbons (Fsp3) is 0.500. The first-order valence-corrected chi connectivity index (χ1v) is 7.31. The van der Waals surface area contributed by atoms with Crippen molar-refractivity contribution < 1.29 is 24.2 Å². The molecule has 2 rings (SSSR count). The number of carboxylic acid groups (broad SMARTS) is 1. The standard InChI is InChI=1S/C16H21NO5/c1-21-9-8-16(6-3-7-16)17-15(20)12-4-2-5-13(10-12)22-11-14(18)19/h2,4-5,10H,3,6-9,11H2,1H3,(H,17,20)(H,18,19). The number of carbonyl (C=O) groups is 2. The van der Waals surface area contributed by atoms with Crippen molar-refractivity contribution in [2.75, 3.05) is 20.3 Å². The van der Waals surface area contributed by atoms with Crippen LogP contribution in [-0.2, 0) is 9.53 Å². The van der Waals surface area contributed by atoms with Crippen LogP contribution in [0.3, 0.4) is 0 Å². The van der Waals surface area contributed by atoms with Crippen LogP contribution in [0.1, 0.15) is 36.0 Å². The van der Waals surface area contributed by atoms with E-state index < -0.39 is 12.6 Å². The van der Waals surface area contributed by atoms with Gasteiger partial charge in [-0.25, -0.2) is 4.79 Å². The summed E-state index contributed by atoms with van der Waals surface area (Å²) in [7, 11) is 1.65. The molecule has 2 N–H and O–H groups in total. The molecular formula is C16H21NO5. The quantitative estimate of drug-likeness (QED) is 0.765. The smallest absolute Gasteiger partial charge is 0.341 e. The third kappa shape index (κ3) is 4.21. The van der Waals surface area contributed by atoms with Gasteiger partial charge in [0.05, 0.1) is 0 Å². The largest absolute Gasteiger partial charge is 0.482 e. The first kappa shape index (κ1) is 16.3. The Morgan fingerprint density at radius 2 is 2.14 bits per heavy atom. The van der Waals surface area contributed by atoms with E-state index in [1.165, 1.54) is 0 Å². The van der Waals surface area contributed by atoms with Crippen LogP contribution >= 0.6 is 0 Å². The highest BCUT2D eigenvalue weighted by atomic mass is 16.5. The van der Waals surface area contributed by atoms with Crippen LogP contribution in [0.15, 0.2) is 24.3 Å². The minimum absolute atomic E-state index is 0.170. The fourth-order valence-electron chi connectivity index (χ4n) is 2.52. The van der Waals surface area contributed by atoms with Crippen molar-refractivity contribution in [2.24, 2.45) is 0 Å². The van der Waals surface area contributed by atoms with Crippen molar-refractivity contribution in [3.8, 4) is 5.75 Å². The average Bonchev–Trinajstić information content (AvgIpc) is 2.48. The van der Waals surface area contributed by atoms with E-state index in [1.54, 1.807) is 31.4 Å². The Morgan fingerprint density at radius 1 is 1.36 bits per heavy atom. The number of nitrogens with one attached hydrogen (secondary N) is 1. The third-order valence-corrected chi connectivity index (χ3v) is 3.93. The van der Waals surface area contributed by atoms with E-state index in [2.05, 4.69) is 5.32 Å². The Bertz CT molecular complexity index is 539. The van der Waals surface area contributed by atoms with Gasteiger partial charge in [-0.15, -0.1) is 0 Å². The lowest BCUT2D eigenvalue weighted by Crippen LogP contribution is -2.54. The number of amides is 1. The van der Waals surface area contributed by atoms with Crippen LogP contribution in [0, 0.1) is 0 Å². The van der Waals surface area contributed by atoms with Crippen LogP contribution in [-0.4, -0.2) is 42.8 Å². The molecule has 120 valence electrons. The van der Waals surface area contributed by atoms with E-state index in [0.29, 0.717) is 17.9 Å². The van der Waals surface area contributed by atoms with Gasteiger partial charge in [0.15, 0.2) is 6.61 Å². The van der Waals surface area contributed by atoms with Gasteiger partial charge in [0, 0.05) is 24.8 Å². The lowest BCUT2D eigenvalue weighted by atomic mass is 9.74. The first-order chi connectivity index (χ1) is 10.5. The Morgan fingerprint density at radius 3 is 2.73 bits per heavy atom. The highest BCUT2D eigenvalue weighted by Gasteiger charge is 2.38. The maximum Gasteiger partial charge on any atom is 0.341 e. The molecule has 1 saturated carbocycles. The first-order valence-electron chi connectivity index (χ1n) is 7.31. The average molecular weight is 307 g/mol. The molecule has 0 spiro atoms. The molecule has 22 heavy (non-hydrogen) atoms. The van der Waals surface area contributed by atoms with E-state index >= 15 is 0 Å². The summed E-state index contributed by atoms with van der Waals surface area (Å²) in [6, 6.07) is 6.55. The number of aliphatic carboxylic acids is 1. The van der Waals surface area contributed by atoms with Crippen molar-refractivity contribution in [3.05, 3.63) is 29.8 Å². The molecule has 1 aliphatic carbocycles. The predicted molar refractivity (Wildman–Crippen MR) is 80.1 cm³/mol. The van der Waals surface area contributed by atoms with Crippen molar-refractivity contribution in [1.29, 1.82) is 0 Å². The molecule has 6 nitrogen and oxygen atoms in total. The molecule has 6 heteroatoms. The van der Waals surface area contributed by atoms with E-state index in [4.69, 9.17) is 14.6 Å². The molecule has 0 atom stereocenters. The SMILES string of the molecule is COCCC1(NC(=O)c2cccc(OCC(=O)O)c2)CCC1. The number of methoxy groups -OCH3 is 1. The van der Waals surface area contributed by atoms with E-state index in [0.717, 1.165) is 25.7 Å². The maximum atomic E-state index is 12.4. The molecule has 0 heterocycles. The normalized spacial score (nSPS) is 15.7. The van der Waals surface area contributed by atoms with Gasteiger partial charge >= 0.3 is 5.97 Å². The second-order valence-electron chi connectivity index (χ2n) is 5.54. The Hall–Kier alpha value is -2.08. The molecule has 0 aliphatic heterocycles. The summed E-state index contributed by atoms with van der Waals surface area (Å²) < 4.78 is 10.2. The van der Waals surface area contributed by atoms with Crippen LogP contribution in [0.4, 0.5) is 0 Å². The van der Waals surface area contributed by atoms with Gasteiger partial charge in [0.1, 0.15) is 5.75 Å². The molecule has 0 radical (unpaired) electrons. The summed E-state index contributed by atoms with van der Waals surface area (Å²) in [6.07, 6.45) is 3.81. The number of benzene rings is 1. The number of carboxylic acids is 1. The minimum Gasteiger partial charge on any atom is -0.482 e. The Kier molecular flexibility index (Phi) is 5.38. The second-order valence-corrected chi connectivity index (χ2v) is 5.54. The van der Waals surface area contributed by atoms with Crippen molar-refractivity contribution in [1.82, 2.24) is 5.32 Å². The second kappa shape index (κ2) is 7.26. The number of carbonyl (C=O) groups excluding carboxylic acids is 1. The lowest BCUT2D eigenvalue weighted by Gasteiger charge is -2.42. The topological polar surface area (TPSA) is 84.9 Å². The minimum atomic E-state index is -1.05. The fourth-order valence-corrected chi connectivity index (χ4v) is 2.52. The number of ether oxygens (including phenoxy) is 2. The molecule has 1 aromatic rings. The zero-order valence-corrected chi connectivity index (χ0v) is 12.6. The van der Waals surface area contributed by atoms with E-state index in [1.807, 2.05) is 0 Å². The highest BCUT2D eigenvalue weighted by Crippen LogP contribution is 2.35. The summed E-state index contributed by atoms with van der Waals surface area (Å²) in [5.74, 6) is -0.853. The van der Waals surface area contributed by atoms with Gasteiger partial charge in [-0.1, -0.05) is 6.07 Å². The molecule has 1 amide bonds. The van der Waals surface area contributed by atoms with Gasteiger partial charge < -0.3 is 19.9 Å². The maximum absolute atomic E-state index is 12.4. The lowest BCUT2D eigenvalue weighted by molar-refractivity contribution is -0.139. The van der Waals surface area contributed by atoms with E-state index in [-0.39, 0.29) is 11.4 Å². The number of rotatable bonds is 8. The number of hydrogen-bond acceptors (Lipinski definition) is 4. The summed E-state index contributed by atoms with van der Waals surface area (Å²) >= 11 is 0. The third-order valence-electron chi connectivity index (χ3n) is 3.93. The van der Waals surface area contributed by atoms with Crippen LogP contribution in [0.25, 0.3) is 0 Å². The Balaban J connectivity index is 1.99. The van der Waals surface area contributed by atoms with Crippen LogP contribution in [0.2, 0.25) is 0 Å². The van der Waals surface area contributed by atoms with Gasteiger partial charge in [-0.05, 0) is 43.9 Å². The summed E-state index contributed by atoms with van der Waals surface area (Å²) in [4.78, 5) is 22.9. The van der Waals surface area contributed by atoms with Crippen molar-refractivity contribution >= 4 is 11.9 Å². The molecular weight excluding hydrogens is 286 g/mol. The molecule has 1 aromatic carbocycles. The predicted octanol–water partition coefficient (Wildman–Crippen LogP) is 1.84. The van der Waals surface area contributed by atoms with E-state index in [9.17, 15) is 9.59 Å². The Labute approximate surface area is 129 Å². The molecule has 0 aromatic heterocycles. The van der Waals surface area contributed by atoms with Gasteiger partial charge in [-0.3, -0.25) is 4.79 Å². The van der Waals surface area contributed by atoms with Crippen molar-refractivity contribution in [2.45, 2.75) is 31.2 Å².